The molecular weight excluding hydrogens is 271 g/mol. The standard InChI is InChI=1S/C10H10F3NO5/c11-10(12,13)9(16)5-19-8-2-1-6(4-15)3-7(8)14(17)18/h1-3,9,15-16H,4-5H2. The fraction of sp³-hybridized carbons (Fsp3) is 0.400. The van der Waals surface area contributed by atoms with E-state index in [1.165, 1.54) is 6.07 Å². The summed E-state index contributed by atoms with van der Waals surface area (Å²) in [7, 11) is 0. The molecule has 1 rings (SSSR count). The Kier molecular flexibility index (Phi) is 4.67. The van der Waals surface area contributed by atoms with Crippen LogP contribution in [-0.4, -0.2) is 34.0 Å². The van der Waals surface area contributed by atoms with Crippen LogP contribution in [0.25, 0.3) is 0 Å². The Morgan fingerprint density at radius 3 is 2.53 bits per heavy atom. The largest absolute Gasteiger partial charge is 0.484 e. The van der Waals surface area contributed by atoms with Gasteiger partial charge in [-0.15, -0.1) is 0 Å². The fourth-order valence-corrected chi connectivity index (χ4v) is 1.19. The van der Waals surface area contributed by atoms with Crippen molar-refractivity contribution in [2.24, 2.45) is 0 Å². The molecule has 19 heavy (non-hydrogen) atoms. The van der Waals surface area contributed by atoms with Gasteiger partial charge in [0.2, 0.25) is 0 Å². The number of nitro groups is 1. The number of aliphatic hydroxyl groups is 2. The number of benzene rings is 1. The summed E-state index contributed by atoms with van der Waals surface area (Å²) < 4.78 is 40.7. The molecule has 0 spiro atoms. The van der Waals surface area contributed by atoms with E-state index in [0.29, 0.717) is 0 Å². The van der Waals surface area contributed by atoms with Gasteiger partial charge in [-0.05, 0) is 11.6 Å². The average Bonchev–Trinajstić information content (AvgIpc) is 2.34. The SMILES string of the molecule is O=[N+]([O-])c1cc(CO)ccc1OCC(O)C(F)(F)F. The minimum absolute atomic E-state index is 0.218. The van der Waals surface area contributed by atoms with Crippen molar-refractivity contribution in [3.05, 3.63) is 33.9 Å². The smallest absolute Gasteiger partial charge is 0.417 e. The second kappa shape index (κ2) is 5.85. The number of rotatable bonds is 5. The van der Waals surface area contributed by atoms with Gasteiger partial charge in [-0.3, -0.25) is 10.1 Å². The van der Waals surface area contributed by atoms with E-state index in [2.05, 4.69) is 4.74 Å². The van der Waals surface area contributed by atoms with Gasteiger partial charge in [-0.2, -0.15) is 13.2 Å². The van der Waals surface area contributed by atoms with Crippen LogP contribution in [0.15, 0.2) is 18.2 Å². The zero-order chi connectivity index (χ0) is 14.6. The van der Waals surface area contributed by atoms with Crippen LogP contribution in [-0.2, 0) is 6.61 Å². The minimum atomic E-state index is -4.86. The molecule has 0 aliphatic heterocycles. The van der Waals surface area contributed by atoms with E-state index in [4.69, 9.17) is 10.2 Å². The highest BCUT2D eigenvalue weighted by Gasteiger charge is 2.39. The Labute approximate surface area is 105 Å². The minimum Gasteiger partial charge on any atom is -0.484 e. The molecule has 0 heterocycles. The number of nitrogens with zero attached hydrogens (tertiary/aromatic N) is 1. The van der Waals surface area contributed by atoms with Crippen LogP contribution < -0.4 is 4.74 Å². The van der Waals surface area contributed by atoms with Crippen molar-refractivity contribution in [3.8, 4) is 5.75 Å². The van der Waals surface area contributed by atoms with Gasteiger partial charge in [-0.25, -0.2) is 0 Å². The van der Waals surface area contributed by atoms with Crippen molar-refractivity contribution < 1.29 is 33.0 Å². The van der Waals surface area contributed by atoms with Crippen LogP contribution in [0.3, 0.4) is 0 Å². The van der Waals surface area contributed by atoms with E-state index in [1.807, 2.05) is 0 Å². The highest BCUT2D eigenvalue weighted by molar-refractivity contribution is 5.48. The second-order valence-electron chi connectivity index (χ2n) is 3.59. The zero-order valence-electron chi connectivity index (χ0n) is 9.42. The molecule has 106 valence electrons. The Morgan fingerprint density at radius 2 is 2.05 bits per heavy atom. The molecule has 0 amide bonds. The maximum atomic E-state index is 12.0. The number of hydrogen-bond donors (Lipinski definition) is 2. The van der Waals surface area contributed by atoms with Gasteiger partial charge < -0.3 is 14.9 Å². The summed E-state index contributed by atoms with van der Waals surface area (Å²) >= 11 is 0. The lowest BCUT2D eigenvalue weighted by molar-refractivity contribution is -0.386. The lowest BCUT2D eigenvalue weighted by Gasteiger charge is -2.15. The lowest BCUT2D eigenvalue weighted by Crippen LogP contribution is -2.34. The molecule has 1 atom stereocenters. The van der Waals surface area contributed by atoms with Gasteiger partial charge >= 0.3 is 11.9 Å². The first-order chi connectivity index (χ1) is 8.75. The molecule has 1 unspecified atom stereocenters. The Bertz CT molecular complexity index is 463. The molecule has 0 aliphatic carbocycles. The number of alkyl halides is 3. The number of halogens is 3. The van der Waals surface area contributed by atoms with Gasteiger partial charge in [0, 0.05) is 6.07 Å². The fourth-order valence-electron chi connectivity index (χ4n) is 1.19. The quantitative estimate of drug-likeness (QED) is 0.628. The van der Waals surface area contributed by atoms with Crippen LogP contribution in [0.1, 0.15) is 5.56 Å². The van der Waals surface area contributed by atoms with Crippen molar-refractivity contribution in [1.82, 2.24) is 0 Å². The van der Waals surface area contributed by atoms with Crippen LogP contribution >= 0.6 is 0 Å². The van der Waals surface area contributed by atoms with Gasteiger partial charge in [-0.1, -0.05) is 6.07 Å². The normalized spacial score (nSPS) is 13.1. The molecule has 9 heteroatoms. The Balaban J connectivity index is 2.86. The van der Waals surface area contributed by atoms with Crippen LogP contribution in [0.5, 0.6) is 5.75 Å². The first kappa shape index (κ1) is 15.2. The summed E-state index contributed by atoms with van der Waals surface area (Å²) in [5, 5.41) is 28.2. The molecular formula is C10H10F3NO5. The summed E-state index contributed by atoms with van der Waals surface area (Å²) in [4.78, 5) is 9.84. The van der Waals surface area contributed by atoms with Gasteiger partial charge in [0.1, 0.15) is 6.61 Å². The summed E-state index contributed by atoms with van der Waals surface area (Å²) in [5.74, 6) is -0.412. The van der Waals surface area contributed by atoms with Crippen molar-refractivity contribution in [2.45, 2.75) is 18.9 Å². The maximum absolute atomic E-state index is 12.0. The van der Waals surface area contributed by atoms with E-state index in [-0.39, 0.29) is 5.56 Å². The number of nitro benzene ring substituents is 1. The average molecular weight is 281 g/mol. The molecule has 1 aromatic rings. The predicted octanol–water partition coefficient (Wildman–Crippen LogP) is 1.39. The molecule has 0 radical (unpaired) electrons. The first-order valence-corrected chi connectivity index (χ1v) is 5.01. The first-order valence-electron chi connectivity index (χ1n) is 5.01. The Hall–Kier alpha value is -1.87. The van der Waals surface area contributed by atoms with E-state index in [9.17, 15) is 23.3 Å². The third-order valence-corrected chi connectivity index (χ3v) is 2.18. The predicted molar refractivity (Wildman–Crippen MR) is 56.6 cm³/mol. The third kappa shape index (κ3) is 4.07. The molecule has 0 bridgehead atoms. The number of ether oxygens (including phenoxy) is 1. The van der Waals surface area contributed by atoms with Gasteiger partial charge in [0.15, 0.2) is 11.9 Å². The highest BCUT2D eigenvalue weighted by Crippen LogP contribution is 2.29. The molecule has 6 nitrogen and oxygen atoms in total. The van der Waals surface area contributed by atoms with E-state index < -0.39 is 41.9 Å². The lowest BCUT2D eigenvalue weighted by atomic mass is 10.2. The van der Waals surface area contributed by atoms with Crippen molar-refractivity contribution in [1.29, 1.82) is 0 Å². The number of aliphatic hydroxyl groups excluding tert-OH is 2. The molecule has 2 N–H and O–H groups in total. The summed E-state index contributed by atoms with van der Waals surface area (Å²) in [6, 6.07) is 3.31. The summed E-state index contributed by atoms with van der Waals surface area (Å²) in [5.41, 5.74) is -0.364. The molecule has 0 aliphatic rings. The topological polar surface area (TPSA) is 92.8 Å². The molecule has 0 aromatic heterocycles. The van der Waals surface area contributed by atoms with E-state index in [1.54, 1.807) is 0 Å². The third-order valence-electron chi connectivity index (χ3n) is 2.18. The van der Waals surface area contributed by atoms with Gasteiger partial charge in [0.05, 0.1) is 11.5 Å². The molecule has 0 saturated carbocycles. The van der Waals surface area contributed by atoms with Gasteiger partial charge in [0.25, 0.3) is 0 Å². The summed E-state index contributed by atoms with van der Waals surface area (Å²) in [6.45, 7) is -1.60. The van der Waals surface area contributed by atoms with Crippen LogP contribution in [0.4, 0.5) is 18.9 Å². The number of hydrogen-bond acceptors (Lipinski definition) is 5. The van der Waals surface area contributed by atoms with Crippen LogP contribution in [0, 0.1) is 10.1 Å². The molecule has 1 aromatic carbocycles. The van der Waals surface area contributed by atoms with Crippen molar-refractivity contribution in [3.63, 3.8) is 0 Å². The highest BCUT2D eigenvalue weighted by atomic mass is 19.4. The van der Waals surface area contributed by atoms with Crippen molar-refractivity contribution in [2.75, 3.05) is 6.61 Å². The van der Waals surface area contributed by atoms with Crippen LogP contribution in [0.2, 0.25) is 0 Å². The van der Waals surface area contributed by atoms with Crippen molar-refractivity contribution >= 4 is 5.69 Å². The maximum Gasteiger partial charge on any atom is 0.417 e. The van der Waals surface area contributed by atoms with E-state index >= 15 is 0 Å². The monoisotopic (exact) mass is 281 g/mol. The second-order valence-corrected chi connectivity index (χ2v) is 3.59. The summed E-state index contributed by atoms with van der Waals surface area (Å²) in [6.07, 6.45) is -7.59. The Morgan fingerprint density at radius 1 is 1.42 bits per heavy atom. The zero-order valence-corrected chi connectivity index (χ0v) is 9.42. The molecule has 0 fully saturated rings. The molecule has 0 saturated heterocycles. The van der Waals surface area contributed by atoms with E-state index in [0.717, 1.165) is 12.1 Å².